The van der Waals surface area contributed by atoms with Crippen LogP contribution in [0.25, 0.3) is 10.2 Å². The molecule has 0 saturated carbocycles. The Labute approximate surface area is 193 Å². The van der Waals surface area contributed by atoms with Gasteiger partial charge in [0.05, 0.1) is 23.9 Å². The molecule has 0 radical (unpaired) electrons. The van der Waals surface area contributed by atoms with Crippen LogP contribution >= 0.6 is 11.3 Å². The van der Waals surface area contributed by atoms with Gasteiger partial charge in [0.2, 0.25) is 0 Å². The first-order valence-corrected chi connectivity index (χ1v) is 12.1. The fourth-order valence-electron chi connectivity index (χ4n) is 3.80. The van der Waals surface area contributed by atoms with E-state index in [1.807, 2.05) is 47.4 Å². The molecule has 2 aromatic carbocycles. The molecule has 170 valence electrons. The van der Waals surface area contributed by atoms with Gasteiger partial charge < -0.3 is 19.1 Å². The Balaban J connectivity index is 1.27. The molecular formula is C25H30N2O4S. The Morgan fingerprint density at radius 3 is 2.56 bits per heavy atom. The number of nitrogens with zero attached hydrogens (tertiary/aromatic N) is 2. The van der Waals surface area contributed by atoms with Gasteiger partial charge in [-0.2, -0.15) is 0 Å². The van der Waals surface area contributed by atoms with E-state index in [0.717, 1.165) is 47.6 Å². The number of benzene rings is 2. The molecule has 0 N–H and O–H groups in total. The van der Waals surface area contributed by atoms with E-state index in [1.165, 1.54) is 12.8 Å². The van der Waals surface area contributed by atoms with Crippen LogP contribution < -0.4 is 14.2 Å². The molecule has 0 aliphatic carbocycles. The van der Waals surface area contributed by atoms with Crippen LogP contribution in [0.2, 0.25) is 0 Å². The number of likely N-dealkylation sites (tertiary alicyclic amines) is 1. The number of carbonyl (C=O) groups excluding carboxylic acids is 1. The first kappa shape index (κ1) is 22.4. The second-order valence-corrected chi connectivity index (χ2v) is 9.00. The van der Waals surface area contributed by atoms with Crippen molar-refractivity contribution < 1.29 is 19.0 Å². The molecule has 1 aliphatic rings. The maximum Gasteiger partial charge on any atom is 0.274 e. The number of aromatic nitrogens is 1. The number of hydrogen-bond acceptors (Lipinski definition) is 6. The zero-order valence-corrected chi connectivity index (χ0v) is 19.5. The summed E-state index contributed by atoms with van der Waals surface area (Å²) in [4.78, 5) is 19.4. The van der Waals surface area contributed by atoms with Crippen LogP contribution in [-0.2, 0) is 0 Å². The number of unbranched alkanes of at least 4 members (excludes halogenated alkanes) is 2. The van der Waals surface area contributed by atoms with Crippen molar-refractivity contribution in [2.45, 2.75) is 45.1 Å². The molecule has 1 saturated heterocycles. The van der Waals surface area contributed by atoms with Crippen molar-refractivity contribution in [3.05, 3.63) is 48.0 Å². The predicted octanol–water partition coefficient (Wildman–Crippen LogP) is 5.56. The number of amides is 1. The third-order valence-corrected chi connectivity index (χ3v) is 6.62. The number of hydrogen-bond donors (Lipinski definition) is 0. The van der Waals surface area contributed by atoms with E-state index >= 15 is 0 Å². The molecule has 0 bridgehead atoms. The van der Waals surface area contributed by atoms with Crippen LogP contribution in [0.5, 0.6) is 16.7 Å². The van der Waals surface area contributed by atoms with Crippen molar-refractivity contribution in [2.75, 3.05) is 26.8 Å². The maximum absolute atomic E-state index is 12.9. The van der Waals surface area contributed by atoms with Crippen molar-refractivity contribution in [1.29, 1.82) is 0 Å². The maximum atomic E-state index is 12.9. The van der Waals surface area contributed by atoms with Crippen LogP contribution in [0.3, 0.4) is 0 Å². The largest absolute Gasteiger partial charge is 0.497 e. The second-order valence-electron chi connectivity index (χ2n) is 8.00. The summed E-state index contributed by atoms with van der Waals surface area (Å²) >= 11 is 1.54. The van der Waals surface area contributed by atoms with Gasteiger partial charge in [0.15, 0.2) is 0 Å². The van der Waals surface area contributed by atoms with Gasteiger partial charge in [-0.1, -0.05) is 31.1 Å². The molecule has 0 spiro atoms. The smallest absolute Gasteiger partial charge is 0.274 e. The highest BCUT2D eigenvalue weighted by molar-refractivity contribution is 7.20. The summed E-state index contributed by atoms with van der Waals surface area (Å²) in [5.41, 5.74) is 1.58. The van der Waals surface area contributed by atoms with E-state index in [-0.39, 0.29) is 12.0 Å². The minimum atomic E-state index is 0.0630. The summed E-state index contributed by atoms with van der Waals surface area (Å²) in [5.74, 6) is 1.67. The van der Waals surface area contributed by atoms with Crippen LogP contribution in [0.1, 0.15) is 49.4 Å². The third kappa shape index (κ3) is 5.51. The molecule has 32 heavy (non-hydrogen) atoms. The summed E-state index contributed by atoms with van der Waals surface area (Å²) in [6.07, 6.45) is 5.06. The number of ether oxygens (including phenoxy) is 3. The molecule has 3 aromatic rings. The predicted molar refractivity (Wildman–Crippen MR) is 127 cm³/mol. The average molecular weight is 455 g/mol. The molecular weight excluding hydrogens is 424 g/mol. The van der Waals surface area contributed by atoms with Gasteiger partial charge in [-0.05, 0) is 42.8 Å². The monoisotopic (exact) mass is 454 g/mol. The minimum Gasteiger partial charge on any atom is -0.497 e. The van der Waals surface area contributed by atoms with Crippen LogP contribution in [0, 0.1) is 0 Å². The van der Waals surface area contributed by atoms with Gasteiger partial charge in [-0.25, -0.2) is 4.98 Å². The fourth-order valence-corrected chi connectivity index (χ4v) is 4.66. The minimum absolute atomic E-state index is 0.0630. The molecule has 7 heteroatoms. The zero-order valence-electron chi connectivity index (χ0n) is 18.7. The molecule has 1 fully saturated rings. The zero-order chi connectivity index (χ0) is 22.3. The van der Waals surface area contributed by atoms with Crippen molar-refractivity contribution in [3.8, 4) is 16.7 Å². The van der Waals surface area contributed by atoms with Crippen molar-refractivity contribution in [3.63, 3.8) is 0 Å². The number of rotatable bonds is 9. The lowest BCUT2D eigenvalue weighted by atomic mass is 10.1. The van der Waals surface area contributed by atoms with E-state index in [9.17, 15) is 4.79 Å². The van der Waals surface area contributed by atoms with E-state index in [0.29, 0.717) is 23.8 Å². The van der Waals surface area contributed by atoms with Crippen molar-refractivity contribution in [1.82, 2.24) is 9.88 Å². The SMILES string of the molecule is CCCCCOc1ccc(C(=O)N2CCC(Oc3nc4cc(OC)ccc4s3)CC2)cc1. The summed E-state index contributed by atoms with van der Waals surface area (Å²) in [6, 6.07) is 13.3. The van der Waals surface area contributed by atoms with Gasteiger partial charge in [-0.3, -0.25) is 4.79 Å². The quantitative estimate of drug-likeness (QED) is 0.396. The summed E-state index contributed by atoms with van der Waals surface area (Å²) < 4.78 is 18.2. The topological polar surface area (TPSA) is 60.9 Å². The number of methoxy groups -OCH3 is 1. The van der Waals surface area contributed by atoms with E-state index in [2.05, 4.69) is 11.9 Å². The highest BCUT2D eigenvalue weighted by Crippen LogP contribution is 2.32. The lowest BCUT2D eigenvalue weighted by molar-refractivity contribution is 0.0595. The normalized spacial score (nSPS) is 14.5. The van der Waals surface area contributed by atoms with Gasteiger partial charge >= 0.3 is 0 Å². The molecule has 0 atom stereocenters. The Kier molecular flexibility index (Phi) is 7.47. The Hall–Kier alpha value is -2.80. The van der Waals surface area contributed by atoms with Crippen LogP contribution in [0.4, 0.5) is 0 Å². The summed E-state index contributed by atoms with van der Waals surface area (Å²) in [5, 5.41) is 0.674. The average Bonchev–Trinajstić information content (AvgIpc) is 3.23. The molecule has 1 amide bonds. The van der Waals surface area contributed by atoms with Crippen molar-refractivity contribution in [2.24, 2.45) is 0 Å². The number of thiazole rings is 1. The standard InChI is InChI=1S/C25H30N2O4S/c1-3-4-5-16-30-19-8-6-18(7-9-19)24(28)27-14-12-20(13-15-27)31-25-26-22-17-21(29-2)10-11-23(22)32-25/h6-11,17,20H,3-5,12-16H2,1-2H3. The fraction of sp³-hybridized carbons (Fsp3) is 0.440. The first-order valence-electron chi connectivity index (χ1n) is 11.3. The van der Waals surface area contributed by atoms with Gasteiger partial charge in [0.1, 0.15) is 17.6 Å². The molecule has 1 aliphatic heterocycles. The molecule has 2 heterocycles. The van der Waals surface area contributed by atoms with Gasteiger partial charge in [0, 0.05) is 37.6 Å². The Morgan fingerprint density at radius 2 is 1.84 bits per heavy atom. The number of fused-ring (bicyclic) bond motifs is 1. The highest BCUT2D eigenvalue weighted by Gasteiger charge is 2.25. The summed E-state index contributed by atoms with van der Waals surface area (Å²) in [6.45, 7) is 4.25. The Bertz CT molecular complexity index is 1030. The highest BCUT2D eigenvalue weighted by atomic mass is 32.1. The summed E-state index contributed by atoms with van der Waals surface area (Å²) in [7, 11) is 1.65. The Morgan fingerprint density at radius 1 is 1.09 bits per heavy atom. The lowest BCUT2D eigenvalue weighted by Crippen LogP contribution is -2.41. The molecule has 1 aromatic heterocycles. The van der Waals surface area contributed by atoms with E-state index in [4.69, 9.17) is 14.2 Å². The lowest BCUT2D eigenvalue weighted by Gasteiger charge is -2.31. The van der Waals surface area contributed by atoms with E-state index < -0.39 is 0 Å². The first-order chi connectivity index (χ1) is 15.7. The van der Waals surface area contributed by atoms with Gasteiger partial charge in [0.25, 0.3) is 11.1 Å². The van der Waals surface area contributed by atoms with Crippen LogP contribution in [0.15, 0.2) is 42.5 Å². The van der Waals surface area contributed by atoms with E-state index in [1.54, 1.807) is 18.4 Å². The molecule has 4 rings (SSSR count). The van der Waals surface area contributed by atoms with Crippen molar-refractivity contribution >= 4 is 27.5 Å². The second kappa shape index (κ2) is 10.7. The van der Waals surface area contributed by atoms with Gasteiger partial charge in [-0.15, -0.1) is 0 Å². The number of carbonyl (C=O) groups is 1. The molecule has 0 unspecified atom stereocenters. The molecule has 6 nitrogen and oxygen atoms in total. The third-order valence-electron chi connectivity index (χ3n) is 5.69. The number of piperidine rings is 1. The van der Waals surface area contributed by atoms with Crippen LogP contribution in [-0.4, -0.2) is 48.7 Å².